The SMILES string of the molecule is C=CC1(C)CN2C(=O)C(N)[C@H]2S1. The number of nitrogens with zero attached hydrogens (tertiary/aromatic N) is 1. The van der Waals surface area contributed by atoms with E-state index in [1.54, 1.807) is 11.8 Å². The molecule has 4 heteroatoms. The van der Waals surface area contributed by atoms with Gasteiger partial charge in [-0.05, 0) is 6.92 Å². The van der Waals surface area contributed by atoms with Crippen molar-refractivity contribution in [3.8, 4) is 0 Å². The molecule has 0 radical (unpaired) electrons. The summed E-state index contributed by atoms with van der Waals surface area (Å²) in [6, 6.07) is -0.281. The average Bonchev–Trinajstić information content (AvgIpc) is 2.41. The predicted octanol–water partition coefficient (Wildman–Crippen LogP) is 0.174. The lowest BCUT2D eigenvalue weighted by Gasteiger charge is -2.38. The van der Waals surface area contributed by atoms with Crippen LogP contribution >= 0.6 is 11.8 Å². The second-order valence-electron chi connectivity index (χ2n) is 3.52. The Labute approximate surface area is 76.0 Å². The summed E-state index contributed by atoms with van der Waals surface area (Å²) in [6.07, 6.45) is 1.90. The zero-order chi connectivity index (χ0) is 8.93. The van der Waals surface area contributed by atoms with E-state index in [-0.39, 0.29) is 22.1 Å². The van der Waals surface area contributed by atoms with Crippen molar-refractivity contribution in [2.24, 2.45) is 5.73 Å². The largest absolute Gasteiger partial charge is 0.325 e. The molecular formula is C8H12N2OS. The normalized spacial score (nSPS) is 45.5. The third-order valence-electron chi connectivity index (χ3n) is 2.49. The van der Waals surface area contributed by atoms with Gasteiger partial charge in [-0.3, -0.25) is 4.79 Å². The molecule has 3 nitrogen and oxygen atoms in total. The Morgan fingerprint density at radius 2 is 2.58 bits per heavy atom. The van der Waals surface area contributed by atoms with E-state index in [1.807, 2.05) is 11.0 Å². The summed E-state index contributed by atoms with van der Waals surface area (Å²) in [4.78, 5) is 13.0. The fourth-order valence-electron chi connectivity index (χ4n) is 1.62. The summed E-state index contributed by atoms with van der Waals surface area (Å²) in [5, 5.41) is 0.195. The van der Waals surface area contributed by atoms with Gasteiger partial charge in [0.25, 0.3) is 0 Å². The van der Waals surface area contributed by atoms with Crippen LogP contribution in [0.2, 0.25) is 0 Å². The first-order chi connectivity index (χ1) is 5.57. The molecule has 0 bridgehead atoms. The van der Waals surface area contributed by atoms with Gasteiger partial charge in [-0.2, -0.15) is 0 Å². The van der Waals surface area contributed by atoms with Crippen LogP contribution in [0.25, 0.3) is 0 Å². The molecule has 2 aliphatic rings. The number of hydrogen-bond acceptors (Lipinski definition) is 3. The number of fused-ring (bicyclic) bond motifs is 1. The van der Waals surface area contributed by atoms with Crippen molar-refractivity contribution < 1.29 is 4.79 Å². The molecule has 1 amide bonds. The lowest BCUT2D eigenvalue weighted by Crippen LogP contribution is -2.64. The molecule has 2 N–H and O–H groups in total. The minimum absolute atomic E-state index is 0.00838. The molecule has 0 saturated carbocycles. The van der Waals surface area contributed by atoms with Crippen LogP contribution in [0, 0.1) is 0 Å². The molecule has 2 saturated heterocycles. The Balaban J connectivity index is 2.17. The minimum Gasteiger partial charge on any atom is -0.325 e. The number of amides is 1. The Bertz CT molecular complexity index is 255. The lowest BCUT2D eigenvalue weighted by atomic mass is 10.1. The molecule has 2 fully saturated rings. The van der Waals surface area contributed by atoms with Crippen LogP contribution in [0.5, 0.6) is 0 Å². The number of thioether (sulfide) groups is 1. The van der Waals surface area contributed by atoms with Gasteiger partial charge in [-0.1, -0.05) is 6.08 Å². The van der Waals surface area contributed by atoms with Crippen LogP contribution in [-0.4, -0.2) is 33.5 Å². The smallest absolute Gasteiger partial charge is 0.243 e. The van der Waals surface area contributed by atoms with Crippen molar-refractivity contribution in [2.75, 3.05) is 6.54 Å². The average molecular weight is 184 g/mol. The molecule has 2 rings (SSSR count). The van der Waals surface area contributed by atoms with Crippen molar-refractivity contribution in [1.29, 1.82) is 0 Å². The maximum Gasteiger partial charge on any atom is 0.243 e. The van der Waals surface area contributed by atoms with Crippen LogP contribution in [0.1, 0.15) is 6.92 Å². The van der Waals surface area contributed by atoms with E-state index in [0.29, 0.717) is 0 Å². The van der Waals surface area contributed by atoms with Gasteiger partial charge in [-0.25, -0.2) is 0 Å². The third kappa shape index (κ3) is 0.850. The first-order valence-corrected chi connectivity index (χ1v) is 4.83. The Morgan fingerprint density at radius 1 is 1.92 bits per heavy atom. The van der Waals surface area contributed by atoms with Crippen LogP contribution in [-0.2, 0) is 4.79 Å². The van der Waals surface area contributed by atoms with Gasteiger partial charge < -0.3 is 10.6 Å². The van der Waals surface area contributed by atoms with Crippen LogP contribution in [0.15, 0.2) is 12.7 Å². The van der Waals surface area contributed by atoms with Crippen molar-refractivity contribution in [2.45, 2.75) is 23.1 Å². The molecule has 2 unspecified atom stereocenters. The highest BCUT2D eigenvalue weighted by molar-refractivity contribution is 8.01. The summed E-state index contributed by atoms with van der Waals surface area (Å²) in [7, 11) is 0. The quantitative estimate of drug-likeness (QED) is 0.467. The Morgan fingerprint density at radius 3 is 3.08 bits per heavy atom. The Hall–Kier alpha value is -0.480. The molecule has 3 atom stereocenters. The number of carbonyl (C=O) groups excluding carboxylic acids is 1. The summed E-state index contributed by atoms with van der Waals surface area (Å²) in [6.45, 7) is 6.61. The number of rotatable bonds is 1. The van der Waals surface area contributed by atoms with E-state index in [4.69, 9.17) is 5.73 Å². The van der Waals surface area contributed by atoms with E-state index < -0.39 is 0 Å². The molecular weight excluding hydrogens is 172 g/mol. The van der Waals surface area contributed by atoms with E-state index in [9.17, 15) is 4.79 Å². The number of nitrogens with two attached hydrogens (primary N) is 1. The maximum absolute atomic E-state index is 11.2. The topological polar surface area (TPSA) is 46.3 Å². The zero-order valence-electron chi connectivity index (χ0n) is 6.99. The fraction of sp³-hybridized carbons (Fsp3) is 0.625. The number of carbonyl (C=O) groups is 1. The van der Waals surface area contributed by atoms with E-state index in [2.05, 4.69) is 13.5 Å². The van der Waals surface area contributed by atoms with Crippen molar-refractivity contribution >= 4 is 17.7 Å². The first-order valence-electron chi connectivity index (χ1n) is 3.95. The van der Waals surface area contributed by atoms with Crippen molar-refractivity contribution in [1.82, 2.24) is 4.90 Å². The van der Waals surface area contributed by atoms with E-state index >= 15 is 0 Å². The van der Waals surface area contributed by atoms with Gasteiger partial charge in [0.15, 0.2) is 0 Å². The summed E-state index contributed by atoms with van der Waals surface area (Å²) in [5.74, 6) is 0.0816. The van der Waals surface area contributed by atoms with Crippen LogP contribution in [0.3, 0.4) is 0 Å². The summed E-state index contributed by atoms with van der Waals surface area (Å²) >= 11 is 1.74. The number of β-lactam (4-membered cyclic amide) rings is 1. The van der Waals surface area contributed by atoms with Gasteiger partial charge in [0, 0.05) is 6.54 Å². The van der Waals surface area contributed by atoms with Crippen LogP contribution in [0.4, 0.5) is 0 Å². The third-order valence-corrected chi connectivity index (χ3v) is 4.11. The molecule has 0 aromatic carbocycles. The van der Waals surface area contributed by atoms with Crippen molar-refractivity contribution in [3.05, 3.63) is 12.7 Å². The molecule has 12 heavy (non-hydrogen) atoms. The molecule has 0 aromatic rings. The van der Waals surface area contributed by atoms with Gasteiger partial charge in [0.1, 0.15) is 11.4 Å². The minimum atomic E-state index is -0.281. The highest BCUT2D eigenvalue weighted by Gasteiger charge is 2.54. The van der Waals surface area contributed by atoms with Gasteiger partial charge >= 0.3 is 0 Å². The molecule has 0 aliphatic carbocycles. The van der Waals surface area contributed by atoms with Crippen molar-refractivity contribution in [3.63, 3.8) is 0 Å². The van der Waals surface area contributed by atoms with Gasteiger partial charge in [-0.15, -0.1) is 18.3 Å². The highest BCUT2D eigenvalue weighted by Crippen LogP contribution is 2.46. The lowest BCUT2D eigenvalue weighted by molar-refractivity contribution is -0.143. The molecule has 66 valence electrons. The maximum atomic E-state index is 11.2. The molecule has 0 aromatic heterocycles. The number of hydrogen-bond donors (Lipinski definition) is 1. The molecule has 0 spiro atoms. The molecule has 2 heterocycles. The highest BCUT2D eigenvalue weighted by atomic mass is 32.2. The van der Waals surface area contributed by atoms with Gasteiger partial charge in [0.2, 0.25) is 5.91 Å². The predicted molar refractivity (Wildman–Crippen MR) is 49.7 cm³/mol. The second kappa shape index (κ2) is 2.26. The Kier molecular flexibility index (Phi) is 1.53. The monoisotopic (exact) mass is 184 g/mol. The van der Waals surface area contributed by atoms with E-state index in [1.165, 1.54) is 0 Å². The zero-order valence-corrected chi connectivity index (χ0v) is 7.80. The summed E-state index contributed by atoms with van der Waals surface area (Å²) in [5.41, 5.74) is 5.64. The standard InChI is InChI=1S/C8H12N2OS/c1-3-8(2)4-10-6(11)5(9)7(10)12-8/h3,5,7H,1,4,9H2,2H3/t5?,7-,8?/m1/s1. The fourth-order valence-corrected chi connectivity index (χ4v) is 3.05. The molecule has 2 aliphatic heterocycles. The second-order valence-corrected chi connectivity index (χ2v) is 5.17. The van der Waals surface area contributed by atoms with Gasteiger partial charge in [0.05, 0.1) is 4.75 Å². The first kappa shape index (κ1) is 8.13. The summed E-state index contributed by atoms with van der Waals surface area (Å²) < 4.78 is 0.00838. The van der Waals surface area contributed by atoms with Crippen LogP contribution < -0.4 is 5.73 Å². The van der Waals surface area contributed by atoms with E-state index in [0.717, 1.165) is 6.54 Å².